The number of fused-ring (bicyclic) bond motifs is 1. The zero-order valence-corrected chi connectivity index (χ0v) is 16.9. The van der Waals surface area contributed by atoms with Gasteiger partial charge in [-0.05, 0) is 42.7 Å². The number of hydrogen-bond donors (Lipinski definition) is 5. The quantitative estimate of drug-likeness (QED) is 0.296. The van der Waals surface area contributed by atoms with Crippen LogP contribution >= 0.6 is 0 Å². The zero-order valence-electron chi connectivity index (χ0n) is 16.9. The van der Waals surface area contributed by atoms with Crippen LogP contribution < -0.4 is 11.1 Å². The van der Waals surface area contributed by atoms with E-state index in [1.165, 1.54) is 18.6 Å². The Morgan fingerprint density at radius 3 is 2.75 bits per heavy atom. The largest absolute Gasteiger partial charge is 0.483 e. The van der Waals surface area contributed by atoms with Gasteiger partial charge in [-0.25, -0.2) is 13.8 Å². The van der Waals surface area contributed by atoms with E-state index in [1.807, 2.05) is 12.1 Å². The van der Waals surface area contributed by atoms with E-state index < -0.39 is 5.82 Å². The number of nitrogen functional groups attached to an aromatic ring is 1. The van der Waals surface area contributed by atoms with Crippen molar-refractivity contribution < 1.29 is 18.7 Å². The molecule has 4 aromatic rings. The van der Waals surface area contributed by atoms with Gasteiger partial charge in [0.2, 0.25) is 5.95 Å². The molecule has 166 valence electrons. The fourth-order valence-electron chi connectivity index (χ4n) is 3.63. The summed E-state index contributed by atoms with van der Waals surface area (Å²) in [5.41, 5.74) is 8.58. The van der Waals surface area contributed by atoms with Crippen molar-refractivity contribution in [1.29, 1.82) is 0 Å². The molecule has 0 unspecified atom stereocenters. The van der Waals surface area contributed by atoms with Crippen LogP contribution in [0.4, 0.5) is 20.5 Å². The van der Waals surface area contributed by atoms with Crippen molar-refractivity contribution in [3.8, 4) is 11.4 Å². The maximum atomic E-state index is 14.6. The van der Waals surface area contributed by atoms with Crippen LogP contribution in [0.2, 0.25) is 0 Å². The van der Waals surface area contributed by atoms with Gasteiger partial charge in [0.05, 0.1) is 0 Å². The topological polar surface area (TPSA) is 146 Å². The average Bonchev–Trinajstić information content (AvgIpc) is 3.37. The molecule has 3 aromatic heterocycles. The Labute approximate surface area is 181 Å². The van der Waals surface area contributed by atoms with E-state index in [0.717, 1.165) is 29.5 Å². The molecule has 9 nitrogen and oxygen atoms in total. The average molecular weight is 441 g/mol. The molecule has 1 saturated carbocycles. The molecular weight excluding hydrogens is 420 g/mol. The van der Waals surface area contributed by atoms with Crippen molar-refractivity contribution >= 4 is 29.1 Å². The van der Waals surface area contributed by atoms with E-state index in [4.69, 9.17) is 15.6 Å². The first-order valence-electron chi connectivity index (χ1n) is 9.96. The van der Waals surface area contributed by atoms with Crippen LogP contribution in [-0.4, -0.2) is 36.7 Å². The molecule has 11 heteroatoms. The number of hydrogen-bond acceptors (Lipinski definition) is 6. The molecule has 0 bridgehead atoms. The van der Waals surface area contributed by atoms with E-state index in [9.17, 15) is 8.78 Å². The second-order valence-electron chi connectivity index (χ2n) is 7.39. The van der Waals surface area contributed by atoms with Crippen molar-refractivity contribution in [3.63, 3.8) is 0 Å². The highest BCUT2D eigenvalue weighted by atomic mass is 19.1. The third-order valence-electron chi connectivity index (χ3n) is 5.42. The Morgan fingerprint density at radius 2 is 2.03 bits per heavy atom. The molecule has 0 aliphatic heterocycles. The molecule has 0 saturated heterocycles. The molecule has 0 atom stereocenters. The number of benzene rings is 1. The van der Waals surface area contributed by atoms with Gasteiger partial charge in [0.25, 0.3) is 6.47 Å². The fourth-order valence-corrected chi connectivity index (χ4v) is 3.63. The molecule has 0 amide bonds. The first kappa shape index (κ1) is 21.2. The predicted octanol–water partition coefficient (Wildman–Crippen LogP) is 3.79. The third-order valence-corrected chi connectivity index (χ3v) is 5.42. The summed E-state index contributed by atoms with van der Waals surface area (Å²) in [6.07, 6.45) is 5.14. The number of halogens is 2. The molecule has 1 aliphatic rings. The van der Waals surface area contributed by atoms with Gasteiger partial charge in [0, 0.05) is 35.3 Å². The SMILES string of the molecule is Nc1nc(NCc2cc(F)cc3[nH]ccc23)nc(-c2cc(C3CCC3)[nH]n2)c1F.O=CO. The molecule has 0 spiro atoms. The second-order valence-corrected chi connectivity index (χ2v) is 7.39. The van der Waals surface area contributed by atoms with Gasteiger partial charge < -0.3 is 21.1 Å². The Balaban J connectivity index is 0.000000775. The van der Waals surface area contributed by atoms with Crippen LogP contribution in [0.25, 0.3) is 22.3 Å². The van der Waals surface area contributed by atoms with Crippen LogP contribution in [0, 0.1) is 11.6 Å². The zero-order chi connectivity index (χ0) is 22.7. The molecular formula is C21H21F2N7O2. The summed E-state index contributed by atoms with van der Waals surface area (Å²) in [7, 11) is 0. The fraction of sp³-hybridized carbons (Fsp3) is 0.238. The van der Waals surface area contributed by atoms with Crippen LogP contribution in [0.5, 0.6) is 0 Å². The van der Waals surface area contributed by atoms with E-state index in [0.29, 0.717) is 17.1 Å². The molecule has 5 rings (SSSR count). The van der Waals surface area contributed by atoms with Gasteiger partial charge in [-0.3, -0.25) is 9.89 Å². The highest BCUT2D eigenvalue weighted by Gasteiger charge is 2.23. The summed E-state index contributed by atoms with van der Waals surface area (Å²) in [4.78, 5) is 19.6. The summed E-state index contributed by atoms with van der Waals surface area (Å²) in [5.74, 6) is -0.734. The molecule has 1 aliphatic carbocycles. The second kappa shape index (κ2) is 9.00. The van der Waals surface area contributed by atoms with Gasteiger partial charge >= 0.3 is 0 Å². The predicted molar refractivity (Wildman–Crippen MR) is 115 cm³/mol. The minimum atomic E-state index is -0.707. The molecule has 1 aromatic carbocycles. The number of nitrogens with one attached hydrogen (secondary N) is 3. The first-order valence-corrected chi connectivity index (χ1v) is 9.96. The number of anilines is 2. The number of carboxylic acid groups (broad SMARTS) is 1. The van der Waals surface area contributed by atoms with Gasteiger partial charge in [0.15, 0.2) is 11.6 Å². The summed E-state index contributed by atoms with van der Waals surface area (Å²) in [5, 5.41) is 18.0. The Kier molecular flexibility index (Phi) is 5.97. The van der Waals surface area contributed by atoms with Crippen LogP contribution in [0.1, 0.15) is 36.4 Å². The number of carbonyl (C=O) groups is 1. The molecule has 32 heavy (non-hydrogen) atoms. The normalized spacial score (nSPS) is 13.3. The molecule has 1 fully saturated rings. The summed E-state index contributed by atoms with van der Waals surface area (Å²) in [6.45, 7) is 0.00448. The number of rotatable bonds is 5. The van der Waals surface area contributed by atoms with Gasteiger partial charge in [-0.2, -0.15) is 10.1 Å². The van der Waals surface area contributed by atoms with Crippen molar-refractivity contribution in [1.82, 2.24) is 25.1 Å². The molecule has 6 N–H and O–H groups in total. The number of nitrogens with two attached hydrogens (primary N) is 1. The van der Waals surface area contributed by atoms with Gasteiger partial charge in [-0.1, -0.05) is 6.42 Å². The lowest BCUT2D eigenvalue weighted by Crippen LogP contribution is -2.09. The van der Waals surface area contributed by atoms with Crippen LogP contribution in [-0.2, 0) is 11.3 Å². The number of aromatic nitrogens is 5. The Hall–Kier alpha value is -4.02. The number of aromatic amines is 2. The van der Waals surface area contributed by atoms with E-state index in [1.54, 1.807) is 6.20 Å². The van der Waals surface area contributed by atoms with E-state index in [2.05, 4.69) is 30.5 Å². The summed E-state index contributed by atoms with van der Waals surface area (Å²) < 4.78 is 28.4. The van der Waals surface area contributed by atoms with Crippen molar-refractivity contribution in [2.45, 2.75) is 31.7 Å². The van der Waals surface area contributed by atoms with Crippen molar-refractivity contribution in [3.05, 3.63) is 53.4 Å². The summed E-state index contributed by atoms with van der Waals surface area (Å²) in [6, 6.07) is 6.55. The number of nitrogens with zero attached hydrogens (tertiary/aromatic N) is 3. The van der Waals surface area contributed by atoms with Gasteiger partial charge in [-0.15, -0.1) is 0 Å². The van der Waals surface area contributed by atoms with Crippen molar-refractivity contribution in [2.24, 2.45) is 0 Å². The van der Waals surface area contributed by atoms with E-state index >= 15 is 0 Å². The summed E-state index contributed by atoms with van der Waals surface area (Å²) >= 11 is 0. The van der Waals surface area contributed by atoms with Crippen molar-refractivity contribution in [2.75, 3.05) is 11.1 Å². The number of H-pyrrole nitrogens is 2. The highest BCUT2D eigenvalue weighted by Crippen LogP contribution is 2.36. The first-order chi connectivity index (χ1) is 15.5. The Morgan fingerprint density at radius 1 is 1.25 bits per heavy atom. The molecule has 3 heterocycles. The lowest BCUT2D eigenvalue weighted by molar-refractivity contribution is -0.122. The van der Waals surface area contributed by atoms with E-state index in [-0.39, 0.29) is 36.3 Å². The Bertz CT molecular complexity index is 1250. The maximum absolute atomic E-state index is 14.6. The van der Waals surface area contributed by atoms with Crippen LogP contribution in [0.15, 0.2) is 30.5 Å². The standard InChI is InChI=1S/C20H19F2N7.CH2O2/c21-12-6-11(13-4-5-24-15(13)7-12)9-25-20-26-18(17(22)19(23)27-20)16-8-14(28-29-16)10-2-1-3-10;2-1-3/h4-8,10,24H,1-3,9H2,(H,28,29)(H3,23,25,26,27);1H,(H,2,3). The molecule has 0 radical (unpaired) electrons. The highest BCUT2D eigenvalue weighted by molar-refractivity contribution is 5.83. The van der Waals surface area contributed by atoms with Gasteiger partial charge in [0.1, 0.15) is 17.2 Å². The van der Waals surface area contributed by atoms with Crippen LogP contribution in [0.3, 0.4) is 0 Å². The minimum Gasteiger partial charge on any atom is -0.483 e. The lowest BCUT2D eigenvalue weighted by atomic mass is 9.83. The lowest BCUT2D eigenvalue weighted by Gasteiger charge is -2.23. The minimum absolute atomic E-state index is 0.0351. The monoisotopic (exact) mass is 441 g/mol. The third kappa shape index (κ3) is 4.22. The smallest absolute Gasteiger partial charge is 0.290 e. The maximum Gasteiger partial charge on any atom is 0.290 e.